The van der Waals surface area contributed by atoms with E-state index in [0.717, 1.165) is 0 Å². The summed E-state index contributed by atoms with van der Waals surface area (Å²) in [5.41, 5.74) is -1.34. The van der Waals surface area contributed by atoms with Crippen LogP contribution in [0.5, 0.6) is 0 Å². The lowest BCUT2D eigenvalue weighted by Gasteiger charge is -2.14. The number of halogens is 3. The first-order valence-corrected chi connectivity index (χ1v) is 4.44. The number of pyridine rings is 1. The Morgan fingerprint density at radius 3 is 2.06 bits per heavy atom. The first-order chi connectivity index (χ1) is 7.16. The molecule has 6 heteroatoms. The molecule has 0 bridgehead atoms. The molecule has 1 aromatic rings. The zero-order valence-corrected chi connectivity index (χ0v) is 8.94. The number of carboxylic acid groups (broad SMARTS) is 1. The summed E-state index contributed by atoms with van der Waals surface area (Å²) in [7, 11) is 0. The molecule has 0 radical (unpaired) electrons. The highest BCUT2D eigenvalue weighted by molar-refractivity contribution is 5.91. The van der Waals surface area contributed by atoms with Crippen molar-refractivity contribution >= 4 is 5.97 Å². The SMILES string of the molecule is Cc1nc(C(F)(F)F)c(C)c(C)c1C(=O)O. The van der Waals surface area contributed by atoms with Gasteiger partial charge in [0.15, 0.2) is 0 Å². The molecule has 0 atom stereocenters. The molecule has 1 heterocycles. The second-order valence-electron chi connectivity index (χ2n) is 3.47. The molecule has 0 aliphatic carbocycles. The van der Waals surface area contributed by atoms with Crippen LogP contribution in [0.4, 0.5) is 13.2 Å². The van der Waals surface area contributed by atoms with Gasteiger partial charge in [0.25, 0.3) is 0 Å². The van der Waals surface area contributed by atoms with E-state index in [1.165, 1.54) is 20.8 Å². The Labute approximate surface area is 89.9 Å². The fourth-order valence-corrected chi connectivity index (χ4v) is 1.54. The van der Waals surface area contributed by atoms with Crippen LogP contribution in [0.1, 0.15) is 32.9 Å². The Bertz CT molecular complexity index is 452. The molecule has 16 heavy (non-hydrogen) atoms. The largest absolute Gasteiger partial charge is 0.478 e. The summed E-state index contributed by atoms with van der Waals surface area (Å²) in [5, 5.41) is 8.84. The number of hydrogen-bond donors (Lipinski definition) is 1. The number of rotatable bonds is 1. The van der Waals surface area contributed by atoms with E-state index in [1.54, 1.807) is 0 Å². The number of alkyl halides is 3. The topological polar surface area (TPSA) is 50.2 Å². The summed E-state index contributed by atoms with van der Waals surface area (Å²) >= 11 is 0. The van der Waals surface area contributed by atoms with E-state index in [4.69, 9.17) is 5.11 Å². The number of carbonyl (C=O) groups is 1. The molecule has 0 aliphatic rings. The molecular weight excluding hydrogens is 223 g/mol. The fourth-order valence-electron chi connectivity index (χ4n) is 1.54. The minimum atomic E-state index is -4.56. The van der Waals surface area contributed by atoms with E-state index in [9.17, 15) is 18.0 Å². The van der Waals surface area contributed by atoms with Crippen LogP contribution < -0.4 is 0 Å². The first-order valence-electron chi connectivity index (χ1n) is 4.44. The van der Waals surface area contributed by atoms with Crippen LogP contribution in [0.2, 0.25) is 0 Å². The van der Waals surface area contributed by atoms with Gasteiger partial charge in [0.2, 0.25) is 0 Å². The van der Waals surface area contributed by atoms with Crippen molar-refractivity contribution < 1.29 is 23.1 Å². The minimum absolute atomic E-state index is 0.104. The quantitative estimate of drug-likeness (QED) is 0.811. The van der Waals surface area contributed by atoms with Crippen LogP contribution in [0.3, 0.4) is 0 Å². The maximum atomic E-state index is 12.5. The van der Waals surface area contributed by atoms with Gasteiger partial charge in [-0.15, -0.1) is 0 Å². The Morgan fingerprint density at radius 1 is 1.19 bits per heavy atom. The summed E-state index contributed by atoms with van der Waals surface area (Å²) < 4.78 is 37.6. The van der Waals surface area contributed by atoms with Crippen molar-refractivity contribution in [3.63, 3.8) is 0 Å². The van der Waals surface area contributed by atoms with Gasteiger partial charge in [0, 0.05) is 0 Å². The van der Waals surface area contributed by atoms with E-state index in [0.29, 0.717) is 0 Å². The molecule has 0 saturated carbocycles. The van der Waals surface area contributed by atoms with Crippen molar-refractivity contribution in [1.29, 1.82) is 0 Å². The Hall–Kier alpha value is -1.59. The van der Waals surface area contributed by atoms with Gasteiger partial charge in [0.1, 0.15) is 5.69 Å². The van der Waals surface area contributed by atoms with Crippen LogP contribution in [0.15, 0.2) is 0 Å². The third-order valence-corrected chi connectivity index (χ3v) is 2.42. The average molecular weight is 233 g/mol. The zero-order valence-electron chi connectivity index (χ0n) is 8.94. The third kappa shape index (κ3) is 2.00. The molecule has 0 aromatic carbocycles. The van der Waals surface area contributed by atoms with Crippen molar-refractivity contribution in [2.24, 2.45) is 0 Å². The van der Waals surface area contributed by atoms with E-state index in [-0.39, 0.29) is 22.4 Å². The standard InChI is InChI=1S/C10H10F3NO2/c1-4-5(2)8(10(11,12)13)14-6(3)7(4)9(15)16/h1-3H3,(H,15,16). The lowest BCUT2D eigenvalue weighted by atomic mass is 10.0. The summed E-state index contributed by atoms with van der Waals surface area (Å²) in [5.74, 6) is -1.26. The van der Waals surface area contributed by atoms with Gasteiger partial charge in [0.05, 0.1) is 11.3 Å². The average Bonchev–Trinajstić information content (AvgIpc) is 2.09. The smallest absolute Gasteiger partial charge is 0.433 e. The number of aryl methyl sites for hydroxylation is 1. The van der Waals surface area contributed by atoms with Crippen LogP contribution in [0.25, 0.3) is 0 Å². The van der Waals surface area contributed by atoms with Gasteiger partial charge < -0.3 is 5.11 Å². The predicted octanol–water partition coefficient (Wildman–Crippen LogP) is 2.72. The van der Waals surface area contributed by atoms with Crippen molar-refractivity contribution in [1.82, 2.24) is 4.98 Å². The maximum Gasteiger partial charge on any atom is 0.433 e. The molecule has 0 aliphatic heterocycles. The highest BCUT2D eigenvalue weighted by Gasteiger charge is 2.36. The first kappa shape index (κ1) is 12.5. The lowest BCUT2D eigenvalue weighted by Crippen LogP contribution is -2.16. The Kier molecular flexibility index (Phi) is 2.94. The highest BCUT2D eigenvalue weighted by atomic mass is 19.4. The fraction of sp³-hybridized carbons (Fsp3) is 0.400. The van der Waals surface area contributed by atoms with Gasteiger partial charge in [-0.1, -0.05) is 0 Å². The summed E-state index contributed by atoms with van der Waals surface area (Å²) in [6.45, 7) is 3.82. The van der Waals surface area contributed by atoms with E-state index < -0.39 is 17.8 Å². The van der Waals surface area contributed by atoms with Crippen molar-refractivity contribution in [3.8, 4) is 0 Å². The summed E-state index contributed by atoms with van der Waals surface area (Å²) in [6, 6.07) is 0. The molecule has 0 unspecified atom stereocenters. The van der Waals surface area contributed by atoms with Crippen molar-refractivity contribution in [2.45, 2.75) is 26.9 Å². The minimum Gasteiger partial charge on any atom is -0.478 e. The number of nitrogens with zero attached hydrogens (tertiary/aromatic N) is 1. The van der Waals surface area contributed by atoms with E-state index >= 15 is 0 Å². The maximum absolute atomic E-state index is 12.5. The van der Waals surface area contributed by atoms with Gasteiger partial charge in [-0.05, 0) is 31.9 Å². The van der Waals surface area contributed by atoms with Gasteiger partial charge in [-0.3, -0.25) is 0 Å². The molecule has 1 rings (SSSR count). The molecule has 1 N–H and O–H groups in total. The van der Waals surface area contributed by atoms with E-state index in [2.05, 4.69) is 4.98 Å². The molecule has 3 nitrogen and oxygen atoms in total. The molecule has 88 valence electrons. The van der Waals surface area contributed by atoms with Gasteiger partial charge in [-0.25, -0.2) is 9.78 Å². The third-order valence-electron chi connectivity index (χ3n) is 2.42. The molecule has 0 spiro atoms. The number of hydrogen-bond acceptors (Lipinski definition) is 2. The van der Waals surface area contributed by atoms with Crippen LogP contribution in [-0.2, 0) is 6.18 Å². The Morgan fingerprint density at radius 2 is 1.69 bits per heavy atom. The zero-order chi connectivity index (χ0) is 12.7. The molecular formula is C10H10F3NO2. The van der Waals surface area contributed by atoms with Crippen LogP contribution in [-0.4, -0.2) is 16.1 Å². The molecule has 0 saturated heterocycles. The van der Waals surface area contributed by atoms with E-state index in [1.807, 2.05) is 0 Å². The number of aromatic nitrogens is 1. The van der Waals surface area contributed by atoms with Crippen LogP contribution >= 0.6 is 0 Å². The van der Waals surface area contributed by atoms with Crippen molar-refractivity contribution in [2.75, 3.05) is 0 Å². The summed E-state index contributed by atoms with van der Waals surface area (Å²) in [4.78, 5) is 14.2. The van der Waals surface area contributed by atoms with Gasteiger partial charge >= 0.3 is 12.1 Å². The van der Waals surface area contributed by atoms with Crippen LogP contribution in [0, 0.1) is 20.8 Å². The predicted molar refractivity (Wildman–Crippen MR) is 50.4 cm³/mol. The molecule has 0 fully saturated rings. The monoisotopic (exact) mass is 233 g/mol. The summed E-state index contributed by atoms with van der Waals surface area (Å²) in [6.07, 6.45) is -4.56. The normalized spacial score (nSPS) is 11.6. The number of aromatic carboxylic acids is 1. The Balaban J connectivity index is 3.58. The van der Waals surface area contributed by atoms with Gasteiger partial charge in [-0.2, -0.15) is 13.2 Å². The van der Waals surface area contributed by atoms with Crippen molar-refractivity contribution in [3.05, 3.63) is 28.1 Å². The number of carboxylic acids is 1. The molecule has 0 amide bonds. The lowest BCUT2D eigenvalue weighted by molar-refractivity contribution is -0.141. The second-order valence-corrected chi connectivity index (χ2v) is 3.47. The molecule has 1 aromatic heterocycles. The highest BCUT2D eigenvalue weighted by Crippen LogP contribution is 2.33. The second kappa shape index (κ2) is 3.77.